The van der Waals surface area contributed by atoms with Crippen LogP contribution in [0.15, 0.2) is 0 Å². The molecule has 1 aromatic rings. The van der Waals surface area contributed by atoms with Crippen LogP contribution >= 0.6 is 11.8 Å². The zero-order chi connectivity index (χ0) is 14.0. The number of sulfone groups is 1. The molecule has 0 radical (unpaired) electrons. The van der Waals surface area contributed by atoms with Crippen molar-refractivity contribution in [3.63, 3.8) is 0 Å². The van der Waals surface area contributed by atoms with Gasteiger partial charge in [0.05, 0.1) is 0 Å². The molecule has 2 heterocycles. The van der Waals surface area contributed by atoms with E-state index in [0.29, 0.717) is 18.1 Å². The molecule has 1 aliphatic rings. The Morgan fingerprint density at radius 1 is 1.63 bits per heavy atom. The Balaban J connectivity index is 2.27. The lowest BCUT2D eigenvalue weighted by atomic mass is 10.4. The number of nitrogen functional groups attached to an aromatic ring is 1. The highest BCUT2D eigenvalue weighted by molar-refractivity contribution is 8.01. The Morgan fingerprint density at radius 3 is 2.95 bits per heavy atom. The summed E-state index contributed by atoms with van der Waals surface area (Å²) in [4.78, 5) is 17.3. The Morgan fingerprint density at radius 2 is 2.37 bits per heavy atom. The van der Waals surface area contributed by atoms with Gasteiger partial charge >= 0.3 is 0 Å². The fourth-order valence-corrected chi connectivity index (χ4v) is 4.78. The molecule has 19 heavy (non-hydrogen) atoms. The van der Waals surface area contributed by atoms with Crippen molar-refractivity contribution in [1.29, 1.82) is 0 Å². The van der Waals surface area contributed by atoms with E-state index in [-0.39, 0.29) is 17.5 Å². The molecule has 10 heteroatoms. The second-order valence-electron chi connectivity index (χ2n) is 4.02. The molecular formula is C9H15N5O3S2. The zero-order valence-electron chi connectivity index (χ0n) is 10.4. The first kappa shape index (κ1) is 14.1. The van der Waals surface area contributed by atoms with E-state index in [1.165, 1.54) is 16.7 Å². The molecule has 0 spiro atoms. The van der Waals surface area contributed by atoms with E-state index in [4.69, 9.17) is 5.73 Å². The first-order valence-electron chi connectivity index (χ1n) is 5.74. The number of carbonyl (C=O) groups is 1. The smallest absolute Gasteiger partial charge is 0.292 e. The monoisotopic (exact) mass is 305 g/mol. The largest absolute Gasteiger partial charge is 0.366 e. The van der Waals surface area contributed by atoms with Crippen molar-refractivity contribution in [3.05, 3.63) is 5.82 Å². The number of aromatic amines is 1. The molecule has 0 saturated carbocycles. The molecule has 1 fully saturated rings. The zero-order valence-corrected chi connectivity index (χ0v) is 12.0. The number of nitrogens with two attached hydrogens (primary N) is 1. The Kier molecular flexibility index (Phi) is 3.99. The van der Waals surface area contributed by atoms with E-state index in [1.54, 1.807) is 6.92 Å². The quantitative estimate of drug-likeness (QED) is 0.759. The molecule has 0 bridgehead atoms. The average Bonchev–Trinajstić information content (AvgIpc) is 2.84. The van der Waals surface area contributed by atoms with Gasteiger partial charge < -0.3 is 10.6 Å². The van der Waals surface area contributed by atoms with Crippen molar-refractivity contribution in [2.45, 2.75) is 12.3 Å². The van der Waals surface area contributed by atoms with Gasteiger partial charge in [0.2, 0.25) is 11.8 Å². The summed E-state index contributed by atoms with van der Waals surface area (Å²) in [6.45, 7) is 1.94. The van der Waals surface area contributed by atoms with Gasteiger partial charge in [0.15, 0.2) is 9.84 Å². The maximum Gasteiger partial charge on any atom is 0.292 e. The molecule has 1 aromatic heterocycles. The lowest BCUT2D eigenvalue weighted by Gasteiger charge is -2.33. The highest BCUT2D eigenvalue weighted by Gasteiger charge is 2.37. The second kappa shape index (κ2) is 5.37. The molecular weight excluding hydrogens is 290 g/mol. The van der Waals surface area contributed by atoms with Crippen LogP contribution in [0.2, 0.25) is 0 Å². The number of H-pyrrole nitrogens is 1. The number of carbonyl (C=O) groups excluding carboxylic acids is 1. The number of aromatic nitrogens is 3. The van der Waals surface area contributed by atoms with Crippen LogP contribution in [0.3, 0.4) is 0 Å². The fourth-order valence-electron chi connectivity index (χ4n) is 1.81. The van der Waals surface area contributed by atoms with Gasteiger partial charge in [-0.3, -0.25) is 9.89 Å². The van der Waals surface area contributed by atoms with Gasteiger partial charge in [-0.1, -0.05) is 6.92 Å². The van der Waals surface area contributed by atoms with Crippen LogP contribution in [0.4, 0.5) is 5.95 Å². The summed E-state index contributed by atoms with van der Waals surface area (Å²) < 4.78 is 24.1. The number of rotatable bonds is 3. The Labute approximate surface area is 115 Å². The van der Waals surface area contributed by atoms with Crippen LogP contribution in [0.5, 0.6) is 0 Å². The van der Waals surface area contributed by atoms with Gasteiger partial charge in [0.25, 0.3) is 5.91 Å². The number of hydrogen-bond acceptors (Lipinski definition) is 7. The second-order valence-corrected chi connectivity index (χ2v) is 7.62. The van der Waals surface area contributed by atoms with Crippen molar-refractivity contribution < 1.29 is 13.2 Å². The molecule has 0 aliphatic carbocycles. The van der Waals surface area contributed by atoms with Crippen LogP contribution in [-0.4, -0.2) is 63.6 Å². The molecule has 8 nitrogen and oxygen atoms in total. The number of thioether (sulfide) groups is 1. The van der Waals surface area contributed by atoms with E-state index in [9.17, 15) is 13.2 Å². The van der Waals surface area contributed by atoms with Gasteiger partial charge in [0, 0.05) is 23.8 Å². The van der Waals surface area contributed by atoms with Crippen molar-refractivity contribution in [2.24, 2.45) is 0 Å². The van der Waals surface area contributed by atoms with Crippen LogP contribution in [0, 0.1) is 0 Å². The third-order valence-electron chi connectivity index (χ3n) is 2.87. The number of nitrogens with zero attached hydrogens (tertiary/aromatic N) is 3. The summed E-state index contributed by atoms with van der Waals surface area (Å²) in [6.07, 6.45) is 0. The summed E-state index contributed by atoms with van der Waals surface area (Å²) in [5.41, 5.74) is 5.35. The minimum absolute atomic E-state index is 0.000546. The standard InChI is InChI=1S/C9H15N5O3S2/c1-2-19(16,17)6-5-18-4-3-14(6)8(15)7-11-9(10)13-12-7/h6H,2-5H2,1H3,(H3,10,11,12,13). The molecule has 1 amide bonds. The summed E-state index contributed by atoms with van der Waals surface area (Å²) in [5.74, 6) is 0.536. The predicted molar refractivity (Wildman–Crippen MR) is 72.4 cm³/mol. The molecule has 1 unspecified atom stereocenters. The van der Waals surface area contributed by atoms with E-state index in [1.807, 2.05) is 0 Å². The molecule has 106 valence electrons. The minimum Gasteiger partial charge on any atom is -0.366 e. The van der Waals surface area contributed by atoms with Crippen LogP contribution < -0.4 is 5.73 Å². The van der Waals surface area contributed by atoms with E-state index in [2.05, 4.69) is 15.2 Å². The third kappa shape index (κ3) is 2.84. The average molecular weight is 305 g/mol. The Bertz CT molecular complexity index is 570. The highest BCUT2D eigenvalue weighted by Crippen LogP contribution is 2.22. The highest BCUT2D eigenvalue weighted by atomic mass is 32.2. The lowest BCUT2D eigenvalue weighted by Crippen LogP contribution is -2.50. The van der Waals surface area contributed by atoms with Crippen LogP contribution in [0.1, 0.15) is 17.5 Å². The first-order valence-corrected chi connectivity index (χ1v) is 8.61. The maximum absolute atomic E-state index is 12.2. The Hall–Kier alpha value is -1.29. The topological polar surface area (TPSA) is 122 Å². The van der Waals surface area contributed by atoms with Crippen LogP contribution in [-0.2, 0) is 9.84 Å². The van der Waals surface area contributed by atoms with Crippen molar-refractivity contribution >= 4 is 33.5 Å². The van der Waals surface area contributed by atoms with E-state index < -0.39 is 21.1 Å². The van der Waals surface area contributed by atoms with Gasteiger partial charge in [-0.2, -0.15) is 16.7 Å². The number of anilines is 1. The SMILES string of the molecule is CCS(=O)(=O)C1CSCCN1C(=O)c1nc(N)n[nH]1. The molecule has 0 aromatic carbocycles. The summed E-state index contributed by atoms with van der Waals surface area (Å²) in [6, 6.07) is 0. The van der Waals surface area contributed by atoms with Gasteiger partial charge in [-0.05, 0) is 0 Å². The van der Waals surface area contributed by atoms with Crippen LogP contribution in [0.25, 0.3) is 0 Å². The number of nitrogens with one attached hydrogen (secondary N) is 1. The van der Waals surface area contributed by atoms with Gasteiger partial charge in [-0.25, -0.2) is 8.42 Å². The summed E-state index contributed by atoms with van der Waals surface area (Å²) in [7, 11) is -3.33. The molecule has 1 saturated heterocycles. The minimum atomic E-state index is -3.33. The van der Waals surface area contributed by atoms with Crippen molar-refractivity contribution in [1.82, 2.24) is 20.1 Å². The molecule has 3 N–H and O–H groups in total. The molecule has 2 rings (SSSR count). The van der Waals surface area contributed by atoms with E-state index >= 15 is 0 Å². The number of hydrogen-bond donors (Lipinski definition) is 2. The van der Waals surface area contributed by atoms with Crippen molar-refractivity contribution in [3.8, 4) is 0 Å². The van der Waals surface area contributed by atoms with Gasteiger partial charge in [-0.15, -0.1) is 5.10 Å². The predicted octanol–water partition coefficient (Wildman–Crippen LogP) is -0.663. The molecule has 1 atom stereocenters. The van der Waals surface area contributed by atoms with Gasteiger partial charge in [0.1, 0.15) is 5.37 Å². The summed E-state index contributed by atoms with van der Waals surface area (Å²) >= 11 is 1.52. The van der Waals surface area contributed by atoms with E-state index in [0.717, 1.165) is 0 Å². The third-order valence-corrected chi connectivity index (χ3v) is 6.16. The van der Waals surface area contributed by atoms with Crippen molar-refractivity contribution in [2.75, 3.05) is 29.5 Å². The fraction of sp³-hybridized carbons (Fsp3) is 0.667. The summed E-state index contributed by atoms with van der Waals surface area (Å²) in [5, 5.41) is 5.18. The normalized spacial score (nSPS) is 20.5. The molecule has 1 aliphatic heterocycles. The first-order chi connectivity index (χ1) is 8.95. The maximum atomic E-state index is 12.2. The number of amides is 1. The lowest BCUT2D eigenvalue weighted by molar-refractivity contribution is 0.0737.